The quantitative estimate of drug-likeness (QED) is 0.830. The third-order valence-electron chi connectivity index (χ3n) is 3.98. The van der Waals surface area contributed by atoms with E-state index in [9.17, 15) is 4.79 Å². The molecule has 0 bridgehead atoms. The molecule has 0 radical (unpaired) electrons. The highest BCUT2D eigenvalue weighted by atomic mass is 16.2. The Morgan fingerprint density at radius 3 is 2.53 bits per heavy atom. The van der Waals surface area contributed by atoms with Gasteiger partial charge >= 0.3 is 0 Å². The molecule has 1 heterocycles. The van der Waals surface area contributed by atoms with Gasteiger partial charge in [-0.15, -0.1) is 0 Å². The zero-order valence-electron chi connectivity index (χ0n) is 12.4. The average molecular weight is 260 g/mol. The van der Waals surface area contributed by atoms with Gasteiger partial charge in [0.25, 0.3) is 5.91 Å². The summed E-state index contributed by atoms with van der Waals surface area (Å²) in [4.78, 5) is 16.2. The summed E-state index contributed by atoms with van der Waals surface area (Å²) in [6, 6.07) is 7.95. The van der Waals surface area contributed by atoms with Crippen molar-refractivity contribution in [3.8, 4) is 0 Å². The summed E-state index contributed by atoms with van der Waals surface area (Å²) >= 11 is 0. The van der Waals surface area contributed by atoms with Crippen LogP contribution in [0, 0.1) is 11.8 Å². The van der Waals surface area contributed by atoms with E-state index in [0.29, 0.717) is 0 Å². The Morgan fingerprint density at radius 1 is 1.32 bits per heavy atom. The lowest BCUT2D eigenvalue weighted by Gasteiger charge is -2.42. The molecule has 3 nitrogen and oxygen atoms in total. The Hall–Kier alpha value is -1.35. The van der Waals surface area contributed by atoms with Crippen LogP contribution in [0.15, 0.2) is 24.3 Å². The van der Waals surface area contributed by atoms with Crippen LogP contribution in [-0.2, 0) is 6.54 Å². The minimum atomic E-state index is 0.0940. The van der Waals surface area contributed by atoms with Crippen molar-refractivity contribution in [2.45, 2.75) is 20.4 Å². The van der Waals surface area contributed by atoms with Gasteiger partial charge in [0.2, 0.25) is 0 Å². The fourth-order valence-corrected chi connectivity index (χ4v) is 2.51. The number of hydrogen-bond acceptors (Lipinski definition) is 2. The maximum atomic E-state index is 12.1. The number of rotatable bonds is 4. The van der Waals surface area contributed by atoms with Gasteiger partial charge in [-0.1, -0.05) is 32.0 Å². The first kappa shape index (κ1) is 14.1. The summed E-state index contributed by atoms with van der Waals surface area (Å²) in [5.74, 6) is 1.67. The molecule has 0 atom stereocenters. The maximum Gasteiger partial charge on any atom is 0.253 e. The smallest absolute Gasteiger partial charge is 0.253 e. The topological polar surface area (TPSA) is 23.6 Å². The molecule has 1 aromatic rings. The van der Waals surface area contributed by atoms with Crippen molar-refractivity contribution >= 4 is 5.91 Å². The van der Waals surface area contributed by atoms with E-state index in [2.05, 4.69) is 24.8 Å². The van der Waals surface area contributed by atoms with Crippen molar-refractivity contribution in [2.75, 3.05) is 27.2 Å². The zero-order chi connectivity index (χ0) is 14.0. The normalized spacial score (nSPS) is 16.5. The van der Waals surface area contributed by atoms with Crippen LogP contribution in [0.1, 0.15) is 29.8 Å². The first-order valence-electron chi connectivity index (χ1n) is 7.01. The van der Waals surface area contributed by atoms with Gasteiger partial charge in [-0.05, 0) is 23.5 Å². The molecule has 3 heteroatoms. The Labute approximate surface area is 116 Å². The van der Waals surface area contributed by atoms with Crippen molar-refractivity contribution in [1.82, 2.24) is 9.80 Å². The number of nitrogens with zero attached hydrogens (tertiary/aromatic N) is 2. The number of hydrogen-bond donors (Lipinski definition) is 0. The van der Waals surface area contributed by atoms with Gasteiger partial charge in [-0.25, -0.2) is 0 Å². The highest BCUT2D eigenvalue weighted by Gasteiger charge is 2.29. The summed E-state index contributed by atoms with van der Waals surface area (Å²) in [5, 5.41) is 0. The monoisotopic (exact) mass is 260 g/mol. The van der Waals surface area contributed by atoms with Crippen LogP contribution in [0.4, 0.5) is 0 Å². The number of likely N-dealkylation sites (tertiary alicyclic amines) is 1. The molecule has 1 aliphatic heterocycles. The summed E-state index contributed by atoms with van der Waals surface area (Å²) in [7, 11) is 3.61. The van der Waals surface area contributed by atoms with E-state index in [1.165, 1.54) is 0 Å². The van der Waals surface area contributed by atoms with Gasteiger partial charge in [0, 0.05) is 39.3 Å². The lowest BCUT2D eigenvalue weighted by Crippen LogP contribution is -2.48. The maximum absolute atomic E-state index is 12.1. The van der Waals surface area contributed by atoms with Gasteiger partial charge in [0.1, 0.15) is 0 Å². The molecule has 1 aliphatic rings. The van der Waals surface area contributed by atoms with Crippen molar-refractivity contribution in [3.05, 3.63) is 35.4 Å². The lowest BCUT2D eigenvalue weighted by molar-refractivity contribution is 0.0605. The van der Waals surface area contributed by atoms with Crippen LogP contribution in [0.25, 0.3) is 0 Å². The Bertz CT molecular complexity index is 448. The molecule has 0 saturated carbocycles. The van der Waals surface area contributed by atoms with Crippen LogP contribution in [0.5, 0.6) is 0 Å². The number of carbonyl (C=O) groups excluding carboxylic acids is 1. The SMILES string of the molecule is CC(C)C1CN(Cc2ccccc2C(=O)N(C)C)C1. The van der Waals surface area contributed by atoms with Crippen LogP contribution >= 0.6 is 0 Å². The van der Waals surface area contributed by atoms with Gasteiger partial charge in [0.15, 0.2) is 0 Å². The largest absolute Gasteiger partial charge is 0.345 e. The van der Waals surface area contributed by atoms with Crippen molar-refractivity contribution in [3.63, 3.8) is 0 Å². The van der Waals surface area contributed by atoms with E-state index >= 15 is 0 Å². The van der Waals surface area contributed by atoms with Crippen LogP contribution in [-0.4, -0.2) is 42.9 Å². The van der Waals surface area contributed by atoms with E-state index in [1.54, 1.807) is 19.0 Å². The van der Waals surface area contributed by atoms with Crippen molar-refractivity contribution < 1.29 is 4.79 Å². The van der Waals surface area contributed by atoms with E-state index in [1.807, 2.05) is 18.2 Å². The van der Waals surface area contributed by atoms with Crippen molar-refractivity contribution in [1.29, 1.82) is 0 Å². The Balaban J connectivity index is 2.04. The summed E-state index contributed by atoms with van der Waals surface area (Å²) in [6.07, 6.45) is 0. The van der Waals surface area contributed by atoms with Gasteiger partial charge in [-0.2, -0.15) is 0 Å². The number of amides is 1. The second kappa shape index (κ2) is 5.74. The van der Waals surface area contributed by atoms with Crippen LogP contribution < -0.4 is 0 Å². The number of benzene rings is 1. The first-order chi connectivity index (χ1) is 8.99. The van der Waals surface area contributed by atoms with Gasteiger partial charge < -0.3 is 4.90 Å². The molecule has 2 rings (SSSR count). The molecule has 1 saturated heterocycles. The Kier molecular flexibility index (Phi) is 4.25. The molecule has 0 N–H and O–H groups in total. The fraction of sp³-hybridized carbons (Fsp3) is 0.562. The second-order valence-electron chi connectivity index (χ2n) is 6.05. The van der Waals surface area contributed by atoms with E-state index in [-0.39, 0.29) is 5.91 Å². The van der Waals surface area contributed by atoms with E-state index in [4.69, 9.17) is 0 Å². The van der Waals surface area contributed by atoms with Gasteiger partial charge in [-0.3, -0.25) is 9.69 Å². The second-order valence-corrected chi connectivity index (χ2v) is 6.05. The molecular formula is C16H24N2O. The molecule has 1 amide bonds. The fourth-order valence-electron chi connectivity index (χ4n) is 2.51. The molecule has 1 fully saturated rings. The lowest BCUT2D eigenvalue weighted by atomic mass is 9.88. The van der Waals surface area contributed by atoms with E-state index < -0.39 is 0 Å². The number of carbonyl (C=O) groups is 1. The van der Waals surface area contributed by atoms with Crippen LogP contribution in [0.3, 0.4) is 0 Å². The molecule has 19 heavy (non-hydrogen) atoms. The van der Waals surface area contributed by atoms with E-state index in [0.717, 1.165) is 42.6 Å². The Morgan fingerprint density at radius 2 is 1.95 bits per heavy atom. The highest BCUT2D eigenvalue weighted by Crippen LogP contribution is 2.25. The highest BCUT2D eigenvalue weighted by molar-refractivity contribution is 5.95. The summed E-state index contributed by atoms with van der Waals surface area (Å²) in [5.41, 5.74) is 1.98. The molecule has 0 aliphatic carbocycles. The molecule has 104 valence electrons. The molecule has 0 spiro atoms. The molecular weight excluding hydrogens is 236 g/mol. The first-order valence-corrected chi connectivity index (χ1v) is 7.01. The zero-order valence-corrected chi connectivity index (χ0v) is 12.4. The molecule has 0 unspecified atom stereocenters. The third-order valence-corrected chi connectivity index (χ3v) is 3.98. The molecule has 0 aromatic heterocycles. The van der Waals surface area contributed by atoms with Crippen LogP contribution in [0.2, 0.25) is 0 Å². The predicted molar refractivity (Wildman–Crippen MR) is 78.1 cm³/mol. The third kappa shape index (κ3) is 3.16. The van der Waals surface area contributed by atoms with Gasteiger partial charge in [0.05, 0.1) is 0 Å². The average Bonchev–Trinajstić information content (AvgIpc) is 2.32. The minimum Gasteiger partial charge on any atom is -0.345 e. The standard InChI is InChI=1S/C16H24N2O/c1-12(2)14-10-18(11-14)9-13-7-5-6-8-15(13)16(19)17(3)4/h5-8,12,14H,9-11H2,1-4H3. The van der Waals surface area contributed by atoms with Crippen molar-refractivity contribution in [2.24, 2.45) is 11.8 Å². The molecule has 1 aromatic carbocycles. The summed E-state index contributed by atoms with van der Waals surface area (Å²) < 4.78 is 0. The predicted octanol–water partition coefficient (Wildman–Crippen LogP) is 2.48. The summed E-state index contributed by atoms with van der Waals surface area (Å²) in [6.45, 7) is 7.76. The minimum absolute atomic E-state index is 0.0940.